The van der Waals surface area contributed by atoms with E-state index in [1.165, 1.54) is 0 Å². The predicted molar refractivity (Wildman–Crippen MR) is 59.0 cm³/mol. The molecule has 1 nitrogen and oxygen atoms in total. The Labute approximate surface area is 95.5 Å². The first-order valence-electron chi connectivity index (χ1n) is 4.48. The van der Waals surface area contributed by atoms with Gasteiger partial charge in [0.1, 0.15) is 0 Å². The van der Waals surface area contributed by atoms with Gasteiger partial charge in [-0.15, -0.1) is 0 Å². The maximum Gasteiger partial charge on any atom is 0.441 e. The molecule has 0 aliphatic heterocycles. The Morgan fingerprint density at radius 2 is 1.86 bits per heavy atom. The van der Waals surface area contributed by atoms with Crippen LogP contribution in [0.4, 0.5) is 13.2 Å². The molecule has 0 saturated carbocycles. The molecule has 0 rings (SSSR count). The molecule has 0 spiro atoms. The molecule has 0 aromatic heterocycles. The molecule has 0 heterocycles. The van der Waals surface area contributed by atoms with Crippen LogP contribution in [-0.4, -0.2) is 41.1 Å². The van der Waals surface area contributed by atoms with Crippen LogP contribution in [0.25, 0.3) is 0 Å². The molecule has 0 bridgehead atoms. The van der Waals surface area contributed by atoms with E-state index in [1.807, 2.05) is 11.8 Å². The zero-order valence-corrected chi connectivity index (χ0v) is 10.5. The van der Waals surface area contributed by atoms with Crippen LogP contribution in [0.1, 0.15) is 13.3 Å². The Bertz CT molecular complexity index is 137. The molecule has 0 aromatic carbocycles. The van der Waals surface area contributed by atoms with Gasteiger partial charge in [-0.3, -0.25) is 0 Å². The van der Waals surface area contributed by atoms with Gasteiger partial charge in [0.2, 0.25) is 0 Å². The van der Waals surface area contributed by atoms with E-state index in [-0.39, 0.29) is 17.5 Å². The molecule has 6 heteroatoms. The second-order valence-electron chi connectivity index (χ2n) is 2.82. The lowest BCUT2D eigenvalue weighted by Gasteiger charge is -2.20. The molecule has 0 amide bonds. The van der Waals surface area contributed by atoms with Crippen molar-refractivity contribution in [2.45, 2.75) is 18.9 Å². The maximum atomic E-state index is 11.8. The van der Waals surface area contributed by atoms with Gasteiger partial charge in [-0.1, -0.05) is 22.9 Å². The number of rotatable bonds is 7. The second kappa shape index (κ2) is 7.82. The molecule has 0 N–H and O–H groups in total. The van der Waals surface area contributed by atoms with Crippen LogP contribution in [0.2, 0.25) is 0 Å². The summed E-state index contributed by atoms with van der Waals surface area (Å²) >= 11 is 3.34. The molecule has 14 heavy (non-hydrogen) atoms. The lowest BCUT2D eigenvalue weighted by atomic mass is 10.4. The van der Waals surface area contributed by atoms with Gasteiger partial charge in [-0.2, -0.15) is 13.2 Å². The summed E-state index contributed by atoms with van der Waals surface area (Å²) in [6, 6.07) is 0. The van der Waals surface area contributed by atoms with Crippen LogP contribution < -0.4 is 0 Å². The smallest absolute Gasteiger partial charge is 0.302 e. The van der Waals surface area contributed by atoms with Crippen molar-refractivity contribution in [3.8, 4) is 0 Å². The Hall–Kier alpha value is 0.580. The van der Waals surface area contributed by atoms with Crippen LogP contribution >= 0.6 is 27.7 Å². The molecule has 0 unspecified atom stereocenters. The standard InChI is InChI=1S/C8H15BrF3NS/c1-2-4-13(5-3-9)6-7-14-8(10,11)12/h2-7H2,1H3. The molecule has 0 saturated heterocycles. The highest BCUT2D eigenvalue weighted by atomic mass is 79.9. The van der Waals surface area contributed by atoms with Crippen molar-refractivity contribution in [2.75, 3.05) is 30.7 Å². The summed E-state index contributed by atoms with van der Waals surface area (Å²) in [4.78, 5) is 2.04. The van der Waals surface area contributed by atoms with Gasteiger partial charge < -0.3 is 4.90 Å². The van der Waals surface area contributed by atoms with Gasteiger partial charge in [0.05, 0.1) is 0 Å². The Balaban J connectivity index is 3.60. The van der Waals surface area contributed by atoms with E-state index in [2.05, 4.69) is 15.9 Å². The molecule has 0 aliphatic carbocycles. The van der Waals surface area contributed by atoms with Crippen LogP contribution in [0.3, 0.4) is 0 Å². The van der Waals surface area contributed by atoms with Crippen LogP contribution in [-0.2, 0) is 0 Å². The van der Waals surface area contributed by atoms with Gasteiger partial charge in [0.25, 0.3) is 0 Å². The first-order valence-corrected chi connectivity index (χ1v) is 6.59. The summed E-state index contributed by atoms with van der Waals surface area (Å²) < 4.78 is 35.4. The minimum absolute atomic E-state index is 0.0566. The van der Waals surface area contributed by atoms with Gasteiger partial charge >= 0.3 is 5.51 Å². The topological polar surface area (TPSA) is 3.24 Å². The Kier molecular flexibility index (Phi) is 8.14. The van der Waals surface area contributed by atoms with Crippen molar-refractivity contribution in [2.24, 2.45) is 0 Å². The highest BCUT2D eigenvalue weighted by Gasteiger charge is 2.27. The van der Waals surface area contributed by atoms with Crippen LogP contribution in [0, 0.1) is 0 Å². The van der Waals surface area contributed by atoms with Crippen LogP contribution in [0.5, 0.6) is 0 Å². The molecule has 0 atom stereocenters. The van der Waals surface area contributed by atoms with Crippen molar-refractivity contribution >= 4 is 27.7 Å². The quantitative estimate of drug-likeness (QED) is 0.662. The van der Waals surface area contributed by atoms with E-state index in [0.29, 0.717) is 6.54 Å². The van der Waals surface area contributed by atoms with E-state index in [9.17, 15) is 13.2 Å². The average molecular weight is 294 g/mol. The lowest BCUT2D eigenvalue weighted by molar-refractivity contribution is -0.0328. The fourth-order valence-electron chi connectivity index (χ4n) is 1.06. The van der Waals surface area contributed by atoms with Crippen molar-refractivity contribution in [3.63, 3.8) is 0 Å². The molecular weight excluding hydrogens is 279 g/mol. The summed E-state index contributed by atoms with van der Waals surface area (Å²) in [5, 5.41) is 0.809. The van der Waals surface area contributed by atoms with E-state index in [0.717, 1.165) is 24.8 Å². The molecule has 86 valence electrons. The summed E-state index contributed by atoms with van der Waals surface area (Å²) in [6.45, 7) is 4.21. The van der Waals surface area contributed by atoms with Crippen molar-refractivity contribution < 1.29 is 13.2 Å². The third-order valence-electron chi connectivity index (χ3n) is 1.61. The summed E-state index contributed by atoms with van der Waals surface area (Å²) in [5.41, 5.74) is -4.09. The van der Waals surface area contributed by atoms with E-state index >= 15 is 0 Å². The Morgan fingerprint density at radius 1 is 1.21 bits per heavy atom. The monoisotopic (exact) mass is 293 g/mol. The van der Waals surface area contributed by atoms with E-state index in [1.54, 1.807) is 0 Å². The number of hydrogen-bond donors (Lipinski definition) is 0. The number of nitrogens with zero attached hydrogens (tertiary/aromatic N) is 1. The highest BCUT2D eigenvalue weighted by Crippen LogP contribution is 2.29. The van der Waals surface area contributed by atoms with Crippen molar-refractivity contribution in [1.29, 1.82) is 0 Å². The van der Waals surface area contributed by atoms with Gasteiger partial charge in [0.15, 0.2) is 0 Å². The molecule has 0 radical (unpaired) electrons. The number of thioether (sulfide) groups is 1. The third kappa shape index (κ3) is 9.15. The number of alkyl halides is 4. The van der Waals surface area contributed by atoms with Crippen LogP contribution in [0.15, 0.2) is 0 Å². The van der Waals surface area contributed by atoms with Crippen molar-refractivity contribution in [1.82, 2.24) is 4.90 Å². The summed E-state index contributed by atoms with van der Waals surface area (Å²) in [7, 11) is 0. The lowest BCUT2D eigenvalue weighted by Crippen LogP contribution is -2.29. The first kappa shape index (κ1) is 14.6. The second-order valence-corrected chi connectivity index (χ2v) is 4.78. The van der Waals surface area contributed by atoms with Gasteiger partial charge in [-0.25, -0.2) is 0 Å². The van der Waals surface area contributed by atoms with Crippen molar-refractivity contribution in [3.05, 3.63) is 0 Å². The van der Waals surface area contributed by atoms with E-state index in [4.69, 9.17) is 0 Å². The van der Waals surface area contributed by atoms with Gasteiger partial charge in [-0.05, 0) is 24.7 Å². The average Bonchev–Trinajstić information content (AvgIpc) is 2.02. The summed E-state index contributed by atoms with van der Waals surface area (Å²) in [5.74, 6) is 0.122. The highest BCUT2D eigenvalue weighted by molar-refractivity contribution is 9.09. The largest absolute Gasteiger partial charge is 0.441 e. The molecular formula is C8H15BrF3NS. The normalized spacial score (nSPS) is 12.4. The minimum Gasteiger partial charge on any atom is -0.302 e. The zero-order chi connectivity index (χ0) is 11.0. The zero-order valence-electron chi connectivity index (χ0n) is 8.11. The molecule has 0 aliphatic rings. The SMILES string of the molecule is CCCN(CCBr)CCSC(F)(F)F. The third-order valence-corrected chi connectivity index (χ3v) is 2.68. The minimum atomic E-state index is -4.09. The summed E-state index contributed by atoms with van der Waals surface area (Å²) in [6.07, 6.45) is 0.976. The fourth-order valence-corrected chi connectivity index (χ4v) is 2.14. The maximum absolute atomic E-state index is 11.8. The number of halogens is 4. The predicted octanol–water partition coefficient (Wildman–Crippen LogP) is 3.35. The molecule has 0 fully saturated rings. The van der Waals surface area contributed by atoms with E-state index < -0.39 is 5.51 Å². The van der Waals surface area contributed by atoms with Gasteiger partial charge in [0, 0.05) is 24.2 Å². The number of hydrogen-bond acceptors (Lipinski definition) is 2. The Morgan fingerprint density at radius 3 is 2.29 bits per heavy atom. The first-order chi connectivity index (χ1) is 6.49. The fraction of sp³-hybridized carbons (Fsp3) is 1.00. The molecule has 0 aromatic rings.